The Morgan fingerprint density at radius 3 is 2.55 bits per heavy atom. The molecule has 0 aliphatic rings. The van der Waals surface area contributed by atoms with Crippen LogP contribution in [0.15, 0.2) is 36.5 Å². The maximum absolute atomic E-state index is 13.2. The maximum atomic E-state index is 13.2. The van der Waals surface area contributed by atoms with Crippen molar-refractivity contribution in [2.75, 3.05) is 5.32 Å². The Kier molecular flexibility index (Phi) is 3.95. The van der Waals surface area contributed by atoms with E-state index in [0.29, 0.717) is 0 Å². The van der Waals surface area contributed by atoms with Crippen LogP contribution >= 0.6 is 11.6 Å². The molecule has 20 heavy (non-hydrogen) atoms. The lowest BCUT2D eigenvalue weighted by molar-refractivity contribution is 0.0690. The summed E-state index contributed by atoms with van der Waals surface area (Å²) in [6.45, 7) is 0. The summed E-state index contributed by atoms with van der Waals surface area (Å²) in [6, 6.07) is 6.37. The van der Waals surface area contributed by atoms with Gasteiger partial charge in [0.05, 0.1) is 10.6 Å². The Labute approximate surface area is 118 Å². The van der Waals surface area contributed by atoms with Gasteiger partial charge < -0.3 is 10.4 Å². The van der Waals surface area contributed by atoms with Crippen LogP contribution in [0.5, 0.6) is 0 Å². The summed E-state index contributed by atoms with van der Waals surface area (Å²) in [4.78, 5) is 26.1. The van der Waals surface area contributed by atoms with Gasteiger partial charge in [0.15, 0.2) is 0 Å². The van der Waals surface area contributed by atoms with Gasteiger partial charge in [0.1, 0.15) is 11.5 Å². The van der Waals surface area contributed by atoms with Crippen molar-refractivity contribution in [1.82, 2.24) is 4.98 Å². The van der Waals surface area contributed by atoms with E-state index >= 15 is 0 Å². The first-order valence-electron chi connectivity index (χ1n) is 5.43. The molecule has 0 spiro atoms. The fourth-order valence-electron chi connectivity index (χ4n) is 1.43. The Balaban J connectivity index is 2.15. The number of halogens is 2. The summed E-state index contributed by atoms with van der Waals surface area (Å²) < 4.78 is 13.2. The van der Waals surface area contributed by atoms with E-state index in [9.17, 15) is 14.0 Å². The first kappa shape index (κ1) is 14.0. The van der Waals surface area contributed by atoms with Crippen LogP contribution in [-0.4, -0.2) is 22.0 Å². The molecule has 1 aromatic heterocycles. The van der Waals surface area contributed by atoms with Crippen molar-refractivity contribution in [3.05, 3.63) is 58.6 Å². The standard InChI is InChI=1S/C13H8ClFN2O3/c14-9-3-2-8(5-10(9)15)17-12(18)7-1-4-11(13(19)20)16-6-7/h1-6H,(H,17,18)(H,19,20). The van der Waals surface area contributed by atoms with Crippen molar-refractivity contribution in [3.8, 4) is 0 Å². The zero-order valence-corrected chi connectivity index (χ0v) is 10.7. The monoisotopic (exact) mass is 294 g/mol. The number of pyridine rings is 1. The van der Waals surface area contributed by atoms with Gasteiger partial charge in [-0.1, -0.05) is 11.6 Å². The molecular weight excluding hydrogens is 287 g/mol. The molecule has 0 aliphatic heterocycles. The zero-order valence-electron chi connectivity index (χ0n) is 9.93. The van der Waals surface area contributed by atoms with E-state index in [2.05, 4.69) is 10.3 Å². The number of aromatic nitrogens is 1. The first-order chi connectivity index (χ1) is 9.47. The van der Waals surface area contributed by atoms with Crippen LogP contribution in [0.2, 0.25) is 5.02 Å². The largest absolute Gasteiger partial charge is 0.477 e. The average Bonchev–Trinajstić information content (AvgIpc) is 2.43. The van der Waals surface area contributed by atoms with Gasteiger partial charge in [0.25, 0.3) is 5.91 Å². The molecule has 5 nitrogen and oxygen atoms in total. The number of carbonyl (C=O) groups excluding carboxylic acids is 1. The fraction of sp³-hybridized carbons (Fsp3) is 0. The second-order valence-corrected chi connectivity index (χ2v) is 4.23. The van der Waals surface area contributed by atoms with E-state index in [-0.39, 0.29) is 22.0 Å². The molecular formula is C13H8ClFN2O3. The highest BCUT2D eigenvalue weighted by Gasteiger charge is 2.10. The van der Waals surface area contributed by atoms with Crippen molar-refractivity contribution < 1.29 is 19.1 Å². The number of carboxylic acid groups (broad SMARTS) is 1. The third kappa shape index (κ3) is 3.10. The van der Waals surface area contributed by atoms with Gasteiger partial charge in [-0.3, -0.25) is 4.79 Å². The Morgan fingerprint density at radius 1 is 1.25 bits per heavy atom. The third-order valence-electron chi connectivity index (χ3n) is 2.42. The van der Waals surface area contributed by atoms with E-state index < -0.39 is 17.7 Å². The van der Waals surface area contributed by atoms with E-state index in [1.165, 1.54) is 24.3 Å². The van der Waals surface area contributed by atoms with Gasteiger partial charge >= 0.3 is 5.97 Å². The molecule has 102 valence electrons. The van der Waals surface area contributed by atoms with Crippen LogP contribution in [0.4, 0.5) is 10.1 Å². The molecule has 0 saturated carbocycles. The number of carbonyl (C=O) groups is 2. The average molecular weight is 295 g/mol. The van der Waals surface area contributed by atoms with Gasteiger partial charge in [-0.25, -0.2) is 14.2 Å². The quantitative estimate of drug-likeness (QED) is 0.912. The SMILES string of the molecule is O=C(Nc1ccc(Cl)c(F)c1)c1ccc(C(=O)O)nc1. The summed E-state index contributed by atoms with van der Waals surface area (Å²) in [6.07, 6.45) is 1.13. The second kappa shape index (κ2) is 5.66. The van der Waals surface area contributed by atoms with Crippen molar-refractivity contribution in [2.45, 2.75) is 0 Å². The van der Waals surface area contributed by atoms with Gasteiger partial charge in [0.2, 0.25) is 0 Å². The Hall–Kier alpha value is -2.47. The lowest BCUT2D eigenvalue weighted by atomic mass is 10.2. The number of hydrogen-bond donors (Lipinski definition) is 2. The number of aromatic carboxylic acids is 1. The smallest absolute Gasteiger partial charge is 0.354 e. The first-order valence-corrected chi connectivity index (χ1v) is 5.81. The van der Waals surface area contributed by atoms with Crippen molar-refractivity contribution in [1.29, 1.82) is 0 Å². The molecule has 0 bridgehead atoms. The maximum Gasteiger partial charge on any atom is 0.354 e. The molecule has 1 aromatic carbocycles. The Bertz CT molecular complexity index is 674. The minimum atomic E-state index is -1.18. The molecule has 2 N–H and O–H groups in total. The van der Waals surface area contributed by atoms with Crippen LogP contribution in [0, 0.1) is 5.82 Å². The number of anilines is 1. The molecule has 0 radical (unpaired) electrons. The van der Waals surface area contributed by atoms with Crippen molar-refractivity contribution >= 4 is 29.2 Å². The van der Waals surface area contributed by atoms with Crippen molar-refractivity contribution in [2.24, 2.45) is 0 Å². The fourth-order valence-corrected chi connectivity index (χ4v) is 1.55. The van der Waals surface area contributed by atoms with Crippen LogP contribution in [0.25, 0.3) is 0 Å². The van der Waals surface area contributed by atoms with Gasteiger partial charge in [-0.05, 0) is 30.3 Å². The molecule has 2 aromatic rings. The second-order valence-electron chi connectivity index (χ2n) is 3.82. The molecule has 0 atom stereocenters. The normalized spacial score (nSPS) is 10.1. The van der Waals surface area contributed by atoms with Gasteiger partial charge in [-0.15, -0.1) is 0 Å². The minimum Gasteiger partial charge on any atom is -0.477 e. The van der Waals surface area contributed by atoms with Crippen LogP contribution in [0.1, 0.15) is 20.8 Å². The predicted molar refractivity (Wildman–Crippen MR) is 70.6 cm³/mol. The van der Waals surface area contributed by atoms with Gasteiger partial charge in [0, 0.05) is 11.9 Å². The van der Waals surface area contributed by atoms with E-state index in [0.717, 1.165) is 12.3 Å². The summed E-state index contributed by atoms with van der Waals surface area (Å²) in [7, 11) is 0. The van der Waals surface area contributed by atoms with E-state index in [4.69, 9.17) is 16.7 Å². The van der Waals surface area contributed by atoms with Crippen molar-refractivity contribution in [3.63, 3.8) is 0 Å². The number of benzene rings is 1. The summed E-state index contributed by atoms with van der Waals surface area (Å²) in [5, 5.41) is 11.1. The number of amides is 1. The summed E-state index contributed by atoms with van der Waals surface area (Å²) in [5.41, 5.74) is 0.226. The van der Waals surface area contributed by atoms with E-state index in [1.54, 1.807) is 0 Å². The lowest BCUT2D eigenvalue weighted by Gasteiger charge is -2.05. The topological polar surface area (TPSA) is 79.3 Å². The summed E-state index contributed by atoms with van der Waals surface area (Å²) in [5.74, 6) is -2.36. The van der Waals surface area contributed by atoms with E-state index in [1.807, 2.05) is 0 Å². The highest BCUT2D eigenvalue weighted by molar-refractivity contribution is 6.30. The number of nitrogens with one attached hydrogen (secondary N) is 1. The summed E-state index contributed by atoms with van der Waals surface area (Å²) >= 11 is 5.53. The third-order valence-corrected chi connectivity index (χ3v) is 2.73. The Morgan fingerprint density at radius 2 is 2.00 bits per heavy atom. The molecule has 7 heteroatoms. The predicted octanol–water partition coefficient (Wildman–Crippen LogP) is 2.82. The highest BCUT2D eigenvalue weighted by atomic mass is 35.5. The number of nitrogens with zero attached hydrogens (tertiary/aromatic N) is 1. The molecule has 1 amide bonds. The molecule has 1 heterocycles. The number of hydrogen-bond acceptors (Lipinski definition) is 3. The van der Waals surface area contributed by atoms with Crippen LogP contribution < -0.4 is 5.32 Å². The lowest BCUT2D eigenvalue weighted by Crippen LogP contribution is -2.13. The zero-order chi connectivity index (χ0) is 14.7. The molecule has 2 rings (SSSR count). The minimum absolute atomic E-state index is 0.0459. The van der Waals surface area contributed by atoms with Crippen LogP contribution in [-0.2, 0) is 0 Å². The van der Waals surface area contributed by atoms with Crippen LogP contribution in [0.3, 0.4) is 0 Å². The highest BCUT2D eigenvalue weighted by Crippen LogP contribution is 2.19. The molecule has 0 fully saturated rings. The number of carboxylic acids is 1. The van der Waals surface area contributed by atoms with Gasteiger partial charge in [-0.2, -0.15) is 0 Å². The number of rotatable bonds is 3. The molecule has 0 aliphatic carbocycles. The molecule has 0 unspecified atom stereocenters. The molecule has 0 saturated heterocycles.